The first-order valence-electron chi connectivity index (χ1n) is 14.5. The fourth-order valence-electron chi connectivity index (χ4n) is 5.34. The quantitative estimate of drug-likeness (QED) is 0.161. The van der Waals surface area contributed by atoms with Crippen LogP contribution in [0.2, 0.25) is 0 Å². The van der Waals surface area contributed by atoms with Crippen LogP contribution in [0.3, 0.4) is 0 Å². The Hall–Kier alpha value is -3.36. The number of nitrogens with zero attached hydrogens (tertiary/aromatic N) is 2. The van der Waals surface area contributed by atoms with Crippen molar-refractivity contribution in [3.63, 3.8) is 0 Å². The van der Waals surface area contributed by atoms with Crippen LogP contribution in [-0.2, 0) is 14.3 Å². The summed E-state index contributed by atoms with van der Waals surface area (Å²) in [5.41, 5.74) is 2.14. The number of likely N-dealkylation sites (tertiary alicyclic amines) is 1. The third kappa shape index (κ3) is 7.04. The number of amides is 1. The maximum absolute atomic E-state index is 13.4. The minimum atomic E-state index is -0.690. The Morgan fingerprint density at radius 2 is 1.68 bits per heavy atom. The first-order valence-corrected chi connectivity index (χ1v) is 14.5. The fraction of sp³-hybridized carbons (Fsp3) is 0.500. The average Bonchev–Trinajstić information content (AvgIpc) is 3.21. The lowest BCUT2D eigenvalue weighted by molar-refractivity contribution is -0.140. The third-order valence-electron chi connectivity index (χ3n) is 7.49. The standard InChI is InChI=1S/C32H42N2O6/c1-4-6-7-19-40-25-11-9-24(10-12-25)29-28(30(35)27-14-13-26(39-5-2)22-23(27)3)31(36)32(37)34(29)16-8-15-33-17-20-38-21-18-33/h9-14,22,29,35H,4-8,15-21H2,1-3H3. The average molecular weight is 551 g/mol. The van der Waals surface area contributed by atoms with Gasteiger partial charge in [0, 0.05) is 31.7 Å². The number of carbonyl (C=O) groups excluding carboxylic acids is 2. The van der Waals surface area contributed by atoms with E-state index >= 15 is 0 Å². The molecule has 2 aliphatic rings. The van der Waals surface area contributed by atoms with Crippen LogP contribution in [-0.4, -0.2) is 79.2 Å². The van der Waals surface area contributed by atoms with Crippen LogP contribution in [0, 0.1) is 6.92 Å². The number of hydrogen-bond donors (Lipinski definition) is 1. The Morgan fingerprint density at radius 1 is 0.950 bits per heavy atom. The number of morpholine rings is 1. The van der Waals surface area contributed by atoms with Crippen molar-refractivity contribution >= 4 is 17.4 Å². The molecule has 4 rings (SSSR count). The molecule has 1 atom stereocenters. The van der Waals surface area contributed by atoms with E-state index in [0.29, 0.717) is 50.7 Å². The van der Waals surface area contributed by atoms with E-state index in [1.165, 1.54) is 0 Å². The fourth-order valence-corrected chi connectivity index (χ4v) is 5.34. The van der Waals surface area contributed by atoms with Crippen LogP contribution < -0.4 is 9.47 Å². The molecule has 1 amide bonds. The molecule has 2 aliphatic heterocycles. The Kier molecular flexibility index (Phi) is 10.6. The lowest BCUT2D eigenvalue weighted by Gasteiger charge is -2.29. The molecule has 1 unspecified atom stereocenters. The molecule has 0 bridgehead atoms. The topological polar surface area (TPSA) is 88.5 Å². The summed E-state index contributed by atoms with van der Waals surface area (Å²) in [6.45, 7) is 11.4. The Balaban J connectivity index is 1.64. The number of aliphatic hydroxyl groups is 1. The molecule has 2 aromatic rings. The molecule has 0 saturated carbocycles. The maximum atomic E-state index is 13.4. The number of Topliss-reactive ketones (excluding diaryl/α,β-unsaturated/α-hetero) is 1. The second-order valence-corrected chi connectivity index (χ2v) is 10.3. The van der Waals surface area contributed by atoms with Crippen molar-refractivity contribution in [2.24, 2.45) is 0 Å². The van der Waals surface area contributed by atoms with Crippen LogP contribution in [0.4, 0.5) is 0 Å². The molecule has 0 spiro atoms. The third-order valence-corrected chi connectivity index (χ3v) is 7.49. The predicted molar refractivity (Wildman–Crippen MR) is 155 cm³/mol. The molecule has 2 saturated heterocycles. The van der Waals surface area contributed by atoms with Crippen molar-refractivity contribution in [3.05, 3.63) is 64.7 Å². The molecular weight excluding hydrogens is 508 g/mol. The first kappa shape index (κ1) is 29.6. The number of hydrogen-bond acceptors (Lipinski definition) is 7. The van der Waals surface area contributed by atoms with Gasteiger partial charge in [0.05, 0.1) is 38.0 Å². The minimum absolute atomic E-state index is 0.111. The molecule has 0 aliphatic carbocycles. The zero-order valence-electron chi connectivity index (χ0n) is 24.0. The van der Waals surface area contributed by atoms with Crippen molar-refractivity contribution in [2.45, 2.75) is 52.5 Å². The Bertz CT molecular complexity index is 1190. The summed E-state index contributed by atoms with van der Waals surface area (Å²) in [7, 11) is 0. The molecule has 2 fully saturated rings. The van der Waals surface area contributed by atoms with E-state index in [2.05, 4.69) is 11.8 Å². The SMILES string of the molecule is CCCCCOc1ccc(C2C(=C(O)c3ccc(OCC)cc3C)C(=O)C(=O)N2CCCN2CCOCC2)cc1. The van der Waals surface area contributed by atoms with Gasteiger partial charge in [-0.05, 0) is 68.1 Å². The van der Waals surface area contributed by atoms with Crippen LogP contribution in [0.5, 0.6) is 11.5 Å². The summed E-state index contributed by atoms with van der Waals surface area (Å²) < 4.78 is 16.9. The maximum Gasteiger partial charge on any atom is 0.295 e. The summed E-state index contributed by atoms with van der Waals surface area (Å²) >= 11 is 0. The van der Waals surface area contributed by atoms with Gasteiger partial charge in [0.15, 0.2) is 0 Å². The van der Waals surface area contributed by atoms with Crippen molar-refractivity contribution in [3.8, 4) is 11.5 Å². The van der Waals surface area contributed by atoms with Crippen molar-refractivity contribution in [2.75, 3.05) is 52.6 Å². The van der Waals surface area contributed by atoms with Crippen LogP contribution in [0.1, 0.15) is 62.3 Å². The van der Waals surface area contributed by atoms with Gasteiger partial charge >= 0.3 is 0 Å². The van der Waals surface area contributed by atoms with Crippen LogP contribution >= 0.6 is 0 Å². The van der Waals surface area contributed by atoms with E-state index in [4.69, 9.17) is 14.2 Å². The van der Waals surface area contributed by atoms with Gasteiger partial charge < -0.3 is 24.2 Å². The molecule has 0 radical (unpaired) electrons. The summed E-state index contributed by atoms with van der Waals surface area (Å²) in [5.74, 6) is 0.0104. The summed E-state index contributed by atoms with van der Waals surface area (Å²) in [6.07, 6.45) is 3.94. The monoisotopic (exact) mass is 550 g/mol. The smallest absolute Gasteiger partial charge is 0.295 e. The second kappa shape index (κ2) is 14.3. The van der Waals surface area contributed by atoms with Gasteiger partial charge in [-0.3, -0.25) is 14.5 Å². The van der Waals surface area contributed by atoms with Crippen LogP contribution in [0.25, 0.3) is 5.76 Å². The number of benzene rings is 2. The molecule has 1 N–H and O–H groups in total. The first-order chi connectivity index (χ1) is 19.4. The molecule has 40 heavy (non-hydrogen) atoms. The van der Waals surface area contributed by atoms with Crippen molar-refractivity contribution < 1.29 is 28.9 Å². The van der Waals surface area contributed by atoms with E-state index in [1.54, 1.807) is 17.0 Å². The summed E-state index contributed by atoms with van der Waals surface area (Å²) in [5, 5.41) is 11.5. The highest BCUT2D eigenvalue weighted by molar-refractivity contribution is 6.46. The molecule has 0 aromatic heterocycles. The second-order valence-electron chi connectivity index (χ2n) is 10.3. The van der Waals surface area contributed by atoms with Gasteiger partial charge in [0.25, 0.3) is 11.7 Å². The molecule has 2 heterocycles. The normalized spacial score (nSPS) is 19.3. The number of aliphatic hydroxyl groups excluding tert-OH is 1. The molecular formula is C32H42N2O6. The Labute approximate surface area is 237 Å². The number of carbonyl (C=O) groups is 2. The summed E-state index contributed by atoms with van der Waals surface area (Å²) in [6, 6.07) is 12.2. The number of rotatable bonds is 13. The number of unbranched alkanes of at least 4 members (excludes halogenated alkanes) is 2. The van der Waals surface area contributed by atoms with E-state index < -0.39 is 17.7 Å². The van der Waals surface area contributed by atoms with Crippen LogP contribution in [0.15, 0.2) is 48.0 Å². The molecule has 8 nitrogen and oxygen atoms in total. The molecule has 216 valence electrons. The van der Waals surface area contributed by atoms with Crippen molar-refractivity contribution in [1.29, 1.82) is 0 Å². The van der Waals surface area contributed by atoms with Gasteiger partial charge in [0.1, 0.15) is 17.3 Å². The van der Waals surface area contributed by atoms with Gasteiger partial charge in [-0.15, -0.1) is 0 Å². The zero-order valence-corrected chi connectivity index (χ0v) is 24.0. The van der Waals surface area contributed by atoms with Gasteiger partial charge in [-0.1, -0.05) is 31.9 Å². The number of aryl methyl sites for hydroxylation is 1. The van der Waals surface area contributed by atoms with Crippen molar-refractivity contribution in [1.82, 2.24) is 9.80 Å². The van der Waals surface area contributed by atoms with Gasteiger partial charge in [0.2, 0.25) is 0 Å². The largest absolute Gasteiger partial charge is 0.507 e. The van der Waals surface area contributed by atoms with E-state index in [0.717, 1.165) is 55.8 Å². The lowest BCUT2D eigenvalue weighted by Crippen LogP contribution is -2.38. The van der Waals surface area contributed by atoms with Gasteiger partial charge in [-0.25, -0.2) is 0 Å². The van der Waals surface area contributed by atoms with Gasteiger partial charge in [-0.2, -0.15) is 0 Å². The summed E-state index contributed by atoms with van der Waals surface area (Å²) in [4.78, 5) is 30.7. The highest BCUT2D eigenvalue weighted by atomic mass is 16.5. The van der Waals surface area contributed by atoms with E-state index in [9.17, 15) is 14.7 Å². The molecule has 8 heteroatoms. The minimum Gasteiger partial charge on any atom is -0.507 e. The number of ketones is 1. The molecule has 2 aromatic carbocycles. The lowest BCUT2D eigenvalue weighted by atomic mass is 9.93. The Morgan fingerprint density at radius 3 is 2.35 bits per heavy atom. The highest BCUT2D eigenvalue weighted by Gasteiger charge is 2.46. The highest BCUT2D eigenvalue weighted by Crippen LogP contribution is 2.40. The van der Waals surface area contributed by atoms with E-state index in [1.807, 2.05) is 44.2 Å². The zero-order chi connectivity index (χ0) is 28.5. The number of ether oxygens (including phenoxy) is 3. The van der Waals surface area contributed by atoms with E-state index in [-0.39, 0.29) is 11.3 Å². The predicted octanol–water partition coefficient (Wildman–Crippen LogP) is 5.11.